The molecule has 0 unspecified atom stereocenters. The number of carbonyl (C=O) groups is 2. The number of amides is 2. The largest absolute Gasteiger partial charge is 0.447 e. The average molecular weight is 553 g/mol. The molecule has 0 spiro atoms. The van der Waals surface area contributed by atoms with E-state index in [0.29, 0.717) is 60.0 Å². The van der Waals surface area contributed by atoms with Crippen molar-refractivity contribution in [1.82, 2.24) is 14.9 Å². The molecular formula is C28H33ClN6O4. The van der Waals surface area contributed by atoms with Crippen LogP contribution in [0.5, 0.6) is 0 Å². The van der Waals surface area contributed by atoms with Crippen LogP contribution in [0.25, 0.3) is 11.1 Å². The maximum Gasteiger partial charge on any atom is 0.294 e. The van der Waals surface area contributed by atoms with Gasteiger partial charge in [0.15, 0.2) is 5.58 Å². The summed E-state index contributed by atoms with van der Waals surface area (Å²) in [6, 6.07) is 7.47. The minimum atomic E-state index is -0.524. The minimum Gasteiger partial charge on any atom is -0.447 e. The number of likely N-dealkylation sites (tertiary alicyclic amines) is 1. The summed E-state index contributed by atoms with van der Waals surface area (Å²) in [5, 5.41) is 6.24. The van der Waals surface area contributed by atoms with E-state index in [1.54, 1.807) is 18.2 Å². The van der Waals surface area contributed by atoms with Crippen LogP contribution in [0.3, 0.4) is 0 Å². The summed E-state index contributed by atoms with van der Waals surface area (Å²) < 4.78 is 11.5. The van der Waals surface area contributed by atoms with Gasteiger partial charge in [-0.15, -0.1) is 0 Å². The van der Waals surface area contributed by atoms with Gasteiger partial charge in [-0.2, -0.15) is 0 Å². The number of pyridine rings is 2. The predicted molar refractivity (Wildman–Crippen MR) is 149 cm³/mol. The Morgan fingerprint density at radius 3 is 2.44 bits per heavy atom. The molecule has 0 bridgehead atoms. The zero-order valence-corrected chi connectivity index (χ0v) is 22.6. The van der Waals surface area contributed by atoms with E-state index in [-0.39, 0.29) is 17.6 Å². The van der Waals surface area contributed by atoms with Gasteiger partial charge >= 0.3 is 0 Å². The topological polar surface area (TPSA) is 113 Å². The lowest BCUT2D eigenvalue weighted by Gasteiger charge is -2.33. The number of morpholine rings is 1. The van der Waals surface area contributed by atoms with Crippen LogP contribution in [0.4, 0.5) is 17.3 Å². The summed E-state index contributed by atoms with van der Waals surface area (Å²) in [5.74, 6) is 0.319. The lowest BCUT2D eigenvalue weighted by molar-refractivity contribution is -0.121. The van der Waals surface area contributed by atoms with Crippen molar-refractivity contribution in [3.05, 3.63) is 41.2 Å². The second kappa shape index (κ2) is 11.5. The molecule has 39 heavy (non-hydrogen) atoms. The van der Waals surface area contributed by atoms with Crippen molar-refractivity contribution in [2.45, 2.75) is 44.6 Å². The Balaban J connectivity index is 1.26. The Hall–Kier alpha value is -3.21. The first-order chi connectivity index (χ1) is 19.0. The molecule has 10 nitrogen and oxygen atoms in total. The summed E-state index contributed by atoms with van der Waals surface area (Å²) in [6.07, 6.45) is 7.66. The zero-order chi connectivity index (χ0) is 26.8. The quantitative estimate of drug-likeness (QED) is 0.458. The minimum absolute atomic E-state index is 0.00696. The third-order valence-corrected chi connectivity index (χ3v) is 8.23. The van der Waals surface area contributed by atoms with Gasteiger partial charge in [-0.1, -0.05) is 11.6 Å². The number of furan rings is 1. The predicted octanol–water partition coefficient (Wildman–Crippen LogP) is 4.56. The average Bonchev–Trinajstić information content (AvgIpc) is 3.63. The smallest absolute Gasteiger partial charge is 0.294 e. The molecule has 2 amide bonds. The monoisotopic (exact) mass is 552 g/mol. The highest BCUT2D eigenvalue weighted by Gasteiger charge is 2.32. The first-order valence-corrected chi connectivity index (χ1v) is 14.2. The van der Waals surface area contributed by atoms with E-state index < -0.39 is 5.91 Å². The number of hydrogen-bond acceptors (Lipinski definition) is 8. The summed E-state index contributed by atoms with van der Waals surface area (Å²) in [6.45, 7) is 5.01. The summed E-state index contributed by atoms with van der Waals surface area (Å²) in [7, 11) is 0. The number of anilines is 3. The van der Waals surface area contributed by atoms with E-state index in [1.165, 1.54) is 32.1 Å². The van der Waals surface area contributed by atoms with Gasteiger partial charge < -0.3 is 29.6 Å². The van der Waals surface area contributed by atoms with Gasteiger partial charge in [0.05, 0.1) is 18.2 Å². The lowest BCUT2D eigenvalue weighted by Crippen LogP contribution is -2.38. The number of fused-ring (bicyclic) bond motifs is 1. The fourth-order valence-electron chi connectivity index (χ4n) is 5.87. The highest BCUT2D eigenvalue weighted by atomic mass is 35.5. The number of ether oxygens (including phenoxy) is 1. The number of halogens is 1. The zero-order valence-electron chi connectivity index (χ0n) is 21.8. The number of hydrogen-bond donors (Lipinski definition) is 2. The Kier molecular flexibility index (Phi) is 7.67. The van der Waals surface area contributed by atoms with E-state index >= 15 is 0 Å². The molecule has 206 valence electrons. The molecule has 11 heteroatoms. The molecule has 0 aromatic carbocycles. The van der Waals surface area contributed by atoms with Crippen molar-refractivity contribution in [3.8, 4) is 0 Å². The Bertz CT molecular complexity index is 1330. The Morgan fingerprint density at radius 1 is 0.949 bits per heavy atom. The second-order valence-corrected chi connectivity index (χ2v) is 10.9. The van der Waals surface area contributed by atoms with Gasteiger partial charge in [-0.25, -0.2) is 9.97 Å². The molecule has 2 aliphatic heterocycles. The van der Waals surface area contributed by atoms with Crippen molar-refractivity contribution in [2.24, 2.45) is 5.92 Å². The van der Waals surface area contributed by atoms with E-state index in [2.05, 4.69) is 25.4 Å². The molecule has 0 radical (unpaired) electrons. The van der Waals surface area contributed by atoms with Crippen LogP contribution in [0.1, 0.15) is 49.1 Å². The second-order valence-electron chi connectivity index (χ2n) is 10.5. The molecule has 5 heterocycles. The molecule has 6 rings (SSSR count). The van der Waals surface area contributed by atoms with E-state index in [9.17, 15) is 9.59 Å². The van der Waals surface area contributed by atoms with Gasteiger partial charge in [0.25, 0.3) is 5.91 Å². The van der Waals surface area contributed by atoms with Crippen molar-refractivity contribution < 1.29 is 18.7 Å². The van der Waals surface area contributed by atoms with Crippen molar-refractivity contribution in [1.29, 1.82) is 0 Å². The van der Waals surface area contributed by atoms with Gasteiger partial charge in [0, 0.05) is 31.2 Å². The first-order valence-electron chi connectivity index (χ1n) is 13.8. The lowest BCUT2D eigenvalue weighted by atomic mass is 9.85. The standard InChI is InChI=1S/C28H33ClN6O4/c29-19-5-9-22(30-17-19)31-28(37)26-25(24-21(39-26)8-10-23(32-24)35-13-15-38-16-14-35)33-27(36)18-3-6-20(7-4-18)34-11-1-2-12-34/h5,8-10,17-18,20H,1-4,6-7,11-16H2,(H,33,36)(H,30,31,37). The molecule has 0 atom stereocenters. The van der Waals surface area contributed by atoms with Crippen LogP contribution in [0, 0.1) is 5.92 Å². The molecule has 1 saturated carbocycles. The maximum atomic E-state index is 13.5. The van der Waals surface area contributed by atoms with Gasteiger partial charge in [-0.05, 0) is 75.9 Å². The molecule has 2 N–H and O–H groups in total. The summed E-state index contributed by atoms with van der Waals surface area (Å²) in [4.78, 5) is 40.5. The fraction of sp³-hybridized carbons (Fsp3) is 0.500. The van der Waals surface area contributed by atoms with Gasteiger partial charge in [0.1, 0.15) is 22.8 Å². The Labute approximate surface area is 232 Å². The normalized spacial score (nSPS) is 22.2. The fourth-order valence-corrected chi connectivity index (χ4v) is 5.98. The van der Waals surface area contributed by atoms with E-state index in [0.717, 1.165) is 31.5 Å². The highest BCUT2D eigenvalue weighted by molar-refractivity contribution is 6.30. The van der Waals surface area contributed by atoms with Gasteiger partial charge in [0.2, 0.25) is 11.7 Å². The third-order valence-electron chi connectivity index (χ3n) is 8.00. The SMILES string of the molecule is O=C(Nc1ccc(Cl)cn1)c1oc2ccc(N3CCOCC3)nc2c1NC(=O)C1CCC(N2CCCC2)CC1. The summed E-state index contributed by atoms with van der Waals surface area (Å²) in [5.41, 5.74) is 1.17. The Morgan fingerprint density at radius 2 is 1.72 bits per heavy atom. The van der Waals surface area contributed by atoms with Crippen molar-refractivity contribution in [2.75, 3.05) is 54.9 Å². The molecule has 3 fully saturated rings. The van der Waals surface area contributed by atoms with Crippen LogP contribution in [-0.2, 0) is 9.53 Å². The first kappa shape index (κ1) is 26.0. The number of rotatable bonds is 6. The van der Waals surface area contributed by atoms with Crippen molar-refractivity contribution >= 4 is 51.8 Å². The van der Waals surface area contributed by atoms with Crippen LogP contribution >= 0.6 is 11.6 Å². The van der Waals surface area contributed by atoms with E-state index in [1.807, 2.05) is 6.07 Å². The molecule has 1 aliphatic carbocycles. The number of nitrogens with one attached hydrogen (secondary N) is 2. The molecule has 3 aromatic heterocycles. The maximum absolute atomic E-state index is 13.5. The molecule has 3 aliphatic rings. The molecule has 3 aromatic rings. The molecular weight excluding hydrogens is 520 g/mol. The number of nitrogens with zero attached hydrogens (tertiary/aromatic N) is 4. The number of aromatic nitrogens is 2. The number of carbonyl (C=O) groups excluding carboxylic acids is 2. The van der Waals surface area contributed by atoms with Crippen molar-refractivity contribution in [3.63, 3.8) is 0 Å². The van der Waals surface area contributed by atoms with Gasteiger partial charge in [-0.3, -0.25) is 9.59 Å². The molecule has 2 saturated heterocycles. The van der Waals surface area contributed by atoms with E-state index in [4.69, 9.17) is 25.7 Å². The summed E-state index contributed by atoms with van der Waals surface area (Å²) >= 11 is 5.94. The highest BCUT2D eigenvalue weighted by Crippen LogP contribution is 2.35. The third kappa shape index (κ3) is 5.73. The van der Waals surface area contributed by atoms with Crippen LogP contribution in [0.2, 0.25) is 5.02 Å². The van der Waals surface area contributed by atoms with Crippen LogP contribution in [0.15, 0.2) is 34.9 Å². The van der Waals surface area contributed by atoms with Crippen LogP contribution in [-0.4, -0.2) is 72.1 Å². The van der Waals surface area contributed by atoms with Crippen LogP contribution < -0.4 is 15.5 Å².